The fraction of sp³-hybridized carbons (Fsp3) is 0.400. The summed E-state index contributed by atoms with van der Waals surface area (Å²) in [6.45, 7) is 3.74. The summed E-state index contributed by atoms with van der Waals surface area (Å²) in [5.74, 6) is 0.929. The van der Waals surface area contributed by atoms with Crippen LogP contribution in [0.5, 0.6) is 0 Å². The fourth-order valence-corrected chi connectivity index (χ4v) is 2.41. The van der Waals surface area contributed by atoms with E-state index < -0.39 is 0 Å². The molecule has 2 aromatic rings. The predicted molar refractivity (Wildman–Crippen MR) is 75.2 cm³/mol. The van der Waals surface area contributed by atoms with Crippen molar-refractivity contribution in [2.45, 2.75) is 32.0 Å². The highest BCUT2D eigenvalue weighted by Crippen LogP contribution is 2.17. The molecule has 3 rings (SSSR count). The van der Waals surface area contributed by atoms with Crippen LogP contribution in [-0.2, 0) is 11.3 Å². The standard InChI is InChI=1S/C15H19N3O/c1-12-14(8-10-19-12)16-15-7-9-18(17-15)11-13-5-3-2-4-6-13/h2-7,9,12,14H,8,10-11H2,1H3,(H,16,17). The zero-order chi connectivity index (χ0) is 13.1. The highest BCUT2D eigenvalue weighted by molar-refractivity contribution is 5.34. The molecule has 0 spiro atoms. The van der Waals surface area contributed by atoms with E-state index in [1.54, 1.807) is 0 Å². The molecule has 1 saturated heterocycles. The number of benzene rings is 1. The van der Waals surface area contributed by atoms with E-state index >= 15 is 0 Å². The first-order valence-electron chi connectivity index (χ1n) is 6.77. The lowest BCUT2D eigenvalue weighted by molar-refractivity contribution is 0.121. The molecule has 0 amide bonds. The molecule has 1 aliphatic heterocycles. The van der Waals surface area contributed by atoms with E-state index in [1.807, 2.05) is 23.0 Å². The molecule has 2 heterocycles. The maximum atomic E-state index is 5.54. The van der Waals surface area contributed by atoms with Gasteiger partial charge in [-0.05, 0) is 18.9 Å². The molecule has 1 aromatic carbocycles. The lowest BCUT2D eigenvalue weighted by Gasteiger charge is -2.15. The van der Waals surface area contributed by atoms with Crippen LogP contribution in [0, 0.1) is 0 Å². The number of hydrogen-bond donors (Lipinski definition) is 1. The second-order valence-corrected chi connectivity index (χ2v) is 5.00. The van der Waals surface area contributed by atoms with Crippen LogP contribution in [0.1, 0.15) is 18.9 Å². The first kappa shape index (κ1) is 12.2. The van der Waals surface area contributed by atoms with Gasteiger partial charge in [-0.1, -0.05) is 30.3 Å². The summed E-state index contributed by atoms with van der Waals surface area (Å²) >= 11 is 0. The van der Waals surface area contributed by atoms with Crippen molar-refractivity contribution >= 4 is 5.82 Å². The Kier molecular flexibility index (Phi) is 3.51. The van der Waals surface area contributed by atoms with Gasteiger partial charge in [0, 0.05) is 18.9 Å². The summed E-state index contributed by atoms with van der Waals surface area (Å²) < 4.78 is 7.50. The van der Waals surface area contributed by atoms with Crippen LogP contribution < -0.4 is 5.32 Å². The average molecular weight is 257 g/mol. The van der Waals surface area contributed by atoms with Crippen molar-refractivity contribution in [3.05, 3.63) is 48.2 Å². The first-order chi connectivity index (χ1) is 9.31. The second kappa shape index (κ2) is 5.45. The van der Waals surface area contributed by atoms with Gasteiger partial charge in [0.1, 0.15) is 5.82 Å². The Labute approximate surface area is 113 Å². The lowest BCUT2D eigenvalue weighted by Crippen LogP contribution is -2.26. The molecule has 0 radical (unpaired) electrons. The van der Waals surface area contributed by atoms with Gasteiger partial charge in [0.25, 0.3) is 0 Å². The quantitative estimate of drug-likeness (QED) is 0.914. The maximum absolute atomic E-state index is 5.54. The minimum atomic E-state index is 0.263. The van der Waals surface area contributed by atoms with Crippen LogP contribution in [-0.4, -0.2) is 28.5 Å². The van der Waals surface area contributed by atoms with E-state index in [0.717, 1.165) is 25.4 Å². The van der Waals surface area contributed by atoms with E-state index in [1.165, 1.54) is 5.56 Å². The largest absolute Gasteiger partial charge is 0.376 e. The molecule has 0 bridgehead atoms. The second-order valence-electron chi connectivity index (χ2n) is 5.00. The van der Waals surface area contributed by atoms with Crippen LogP contribution in [0.25, 0.3) is 0 Å². The normalized spacial score (nSPS) is 22.6. The Balaban J connectivity index is 1.63. The minimum Gasteiger partial charge on any atom is -0.376 e. The highest BCUT2D eigenvalue weighted by Gasteiger charge is 2.24. The summed E-state index contributed by atoms with van der Waals surface area (Å²) in [5, 5.41) is 7.99. The summed E-state index contributed by atoms with van der Waals surface area (Å²) in [7, 11) is 0. The van der Waals surface area contributed by atoms with E-state index in [4.69, 9.17) is 4.74 Å². The van der Waals surface area contributed by atoms with E-state index in [-0.39, 0.29) is 6.10 Å². The summed E-state index contributed by atoms with van der Waals surface area (Å²) in [6, 6.07) is 12.8. The third-order valence-corrected chi connectivity index (χ3v) is 3.54. The summed E-state index contributed by atoms with van der Waals surface area (Å²) in [4.78, 5) is 0. The van der Waals surface area contributed by atoms with Crippen molar-refractivity contribution in [2.75, 3.05) is 11.9 Å². The number of nitrogens with one attached hydrogen (secondary N) is 1. The molecule has 1 N–H and O–H groups in total. The third kappa shape index (κ3) is 2.96. The Morgan fingerprint density at radius 3 is 2.89 bits per heavy atom. The molecule has 2 unspecified atom stereocenters. The molecule has 4 nitrogen and oxygen atoms in total. The van der Waals surface area contributed by atoms with Crippen molar-refractivity contribution < 1.29 is 4.74 Å². The third-order valence-electron chi connectivity index (χ3n) is 3.54. The Morgan fingerprint density at radius 2 is 2.16 bits per heavy atom. The molecule has 0 saturated carbocycles. The first-order valence-corrected chi connectivity index (χ1v) is 6.77. The SMILES string of the molecule is CC1OCCC1Nc1ccn(Cc2ccccc2)n1. The van der Waals surface area contributed by atoms with Gasteiger partial charge in [0.15, 0.2) is 0 Å². The molecule has 4 heteroatoms. The van der Waals surface area contributed by atoms with E-state index in [2.05, 4.69) is 41.6 Å². The molecule has 1 aliphatic rings. The van der Waals surface area contributed by atoms with E-state index in [0.29, 0.717) is 6.04 Å². The van der Waals surface area contributed by atoms with Crippen LogP contribution in [0.3, 0.4) is 0 Å². The van der Waals surface area contributed by atoms with Crippen molar-refractivity contribution in [3.8, 4) is 0 Å². The smallest absolute Gasteiger partial charge is 0.148 e. The van der Waals surface area contributed by atoms with Crippen molar-refractivity contribution in [3.63, 3.8) is 0 Å². The van der Waals surface area contributed by atoms with Crippen LogP contribution in [0.4, 0.5) is 5.82 Å². The van der Waals surface area contributed by atoms with Gasteiger partial charge in [0.05, 0.1) is 18.7 Å². The zero-order valence-electron chi connectivity index (χ0n) is 11.1. The van der Waals surface area contributed by atoms with Gasteiger partial charge in [-0.3, -0.25) is 4.68 Å². The number of aromatic nitrogens is 2. The Hall–Kier alpha value is -1.81. The molecule has 1 fully saturated rings. The van der Waals surface area contributed by atoms with Gasteiger partial charge < -0.3 is 10.1 Å². The molecule has 2 atom stereocenters. The fourth-order valence-electron chi connectivity index (χ4n) is 2.41. The van der Waals surface area contributed by atoms with Crippen LogP contribution >= 0.6 is 0 Å². The summed E-state index contributed by atoms with van der Waals surface area (Å²) in [6.07, 6.45) is 3.32. The van der Waals surface area contributed by atoms with Crippen LogP contribution in [0.2, 0.25) is 0 Å². The Bertz CT molecular complexity index is 523. The monoisotopic (exact) mass is 257 g/mol. The number of nitrogens with zero attached hydrogens (tertiary/aromatic N) is 2. The molecule has 100 valence electrons. The van der Waals surface area contributed by atoms with Crippen molar-refractivity contribution in [1.82, 2.24) is 9.78 Å². The van der Waals surface area contributed by atoms with Gasteiger partial charge in [-0.2, -0.15) is 5.10 Å². The number of ether oxygens (including phenoxy) is 1. The molecule has 0 aliphatic carbocycles. The number of anilines is 1. The lowest BCUT2D eigenvalue weighted by atomic mass is 10.1. The predicted octanol–water partition coefficient (Wildman–Crippen LogP) is 2.52. The average Bonchev–Trinajstić information content (AvgIpc) is 3.02. The van der Waals surface area contributed by atoms with Gasteiger partial charge in [-0.15, -0.1) is 0 Å². The zero-order valence-corrected chi connectivity index (χ0v) is 11.1. The highest BCUT2D eigenvalue weighted by atomic mass is 16.5. The molecular weight excluding hydrogens is 238 g/mol. The minimum absolute atomic E-state index is 0.263. The van der Waals surface area contributed by atoms with E-state index in [9.17, 15) is 0 Å². The molecule has 19 heavy (non-hydrogen) atoms. The molecular formula is C15H19N3O. The molecule has 1 aromatic heterocycles. The Morgan fingerprint density at radius 1 is 1.32 bits per heavy atom. The summed E-state index contributed by atoms with van der Waals surface area (Å²) in [5.41, 5.74) is 1.26. The van der Waals surface area contributed by atoms with Gasteiger partial charge in [-0.25, -0.2) is 0 Å². The number of hydrogen-bond acceptors (Lipinski definition) is 3. The maximum Gasteiger partial charge on any atom is 0.148 e. The number of rotatable bonds is 4. The van der Waals surface area contributed by atoms with Crippen LogP contribution in [0.15, 0.2) is 42.6 Å². The van der Waals surface area contributed by atoms with Crippen molar-refractivity contribution in [1.29, 1.82) is 0 Å². The van der Waals surface area contributed by atoms with Crippen molar-refractivity contribution in [2.24, 2.45) is 0 Å². The van der Waals surface area contributed by atoms with Gasteiger partial charge >= 0.3 is 0 Å². The van der Waals surface area contributed by atoms with Gasteiger partial charge in [0.2, 0.25) is 0 Å². The topological polar surface area (TPSA) is 39.1 Å².